The number of esters is 1. The fourth-order valence-electron chi connectivity index (χ4n) is 8.89. The average molecular weight is 887 g/mol. The number of benzene rings is 1. The lowest BCUT2D eigenvalue weighted by Gasteiger charge is -2.44. The van der Waals surface area contributed by atoms with Gasteiger partial charge in [-0.3, -0.25) is 24.5 Å². The van der Waals surface area contributed by atoms with E-state index in [1.165, 1.54) is 18.3 Å². The first kappa shape index (κ1) is 46.4. The highest BCUT2D eigenvalue weighted by molar-refractivity contribution is 7.10. The van der Waals surface area contributed by atoms with Crippen molar-refractivity contribution in [3.05, 3.63) is 52.1 Å². The number of anilines is 1. The van der Waals surface area contributed by atoms with Crippen molar-refractivity contribution >= 4 is 45.9 Å². The Morgan fingerprint density at radius 2 is 1.89 bits per heavy atom. The molecule has 3 unspecified atom stereocenters. The molecule has 0 bridgehead atoms. The SMILES string of the molecule is CCn1c(-c2cc(N3CCN4CCOCC4C3)cnc2C(C)OC)c(CC(C)(C)COC(C)=O)c2cc(-c3csc(CC(NC(=O)OC(C)(C)C)C(=O)N4CCCCN4)n3)ccc21. The fraction of sp³-hybridized carbons (Fsp3) is 0.596. The molecule has 2 amide bonds. The quantitative estimate of drug-likeness (QED) is 0.129. The topological polar surface area (TPSA) is 153 Å². The van der Waals surface area contributed by atoms with Gasteiger partial charge in [0.1, 0.15) is 11.6 Å². The summed E-state index contributed by atoms with van der Waals surface area (Å²) < 4.78 is 25.4. The highest BCUT2D eigenvalue weighted by Crippen LogP contribution is 2.43. The summed E-state index contributed by atoms with van der Waals surface area (Å²) in [4.78, 5) is 54.1. The molecule has 3 aliphatic heterocycles. The molecule has 3 aliphatic rings. The first-order valence-electron chi connectivity index (χ1n) is 22.4. The Morgan fingerprint density at radius 1 is 1.08 bits per heavy atom. The molecular weight excluding hydrogens is 821 g/mol. The van der Waals surface area contributed by atoms with Crippen LogP contribution in [-0.4, -0.2) is 126 Å². The molecule has 342 valence electrons. The van der Waals surface area contributed by atoms with Gasteiger partial charge in [-0.25, -0.2) is 15.2 Å². The van der Waals surface area contributed by atoms with Crippen molar-refractivity contribution < 1.29 is 33.3 Å². The first-order valence-corrected chi connectivity index (χ1v) is 23.3. The Morgan fingerprint density at radius 3 is 2.60 bits per heavy atom. The Bertz CT molecular complexity index is 2260. The van der Waals surface area contributed by atoms with Gasteiger partial charge in [0, 0.05) is 99.1 Å². The molecule has 0 aliphatic carbocycles. The minimum atomic E-state index is -0.868. The van der Waals surface area contributed by atoms with Gasteiger partial charge in [0.2, 0.25) is 0 Å². The third kappa shape index (κ3) is 11.0. The van der Waals surface area contributed by atoms with Crippen LogP contribution in [0.15, 0.2) is 35.8 Å². The average Bonchev–Trinajstić information content (AvgIpc) is 3.85. The number of ether oxygens (including phenoxy) is 4. The van der Waals surface area contributed by atoms with Gasteiger partial charge in [0.25, 0.3) is 5.91 Å². The van der Waals surface area contributed by atoms with E-state index in [2.05, 4.69) is 70.1 Å². The van der Waals surface area contributed by atoms with E-state index >= 15 is 0 Å². The number of carbonyl (C=O) groups is 3. The number of hydrazine groups is 1. The zero-order valence-corrected chi connectivity index (χ0v) is 39.4. The number of hydrogen-bond acceptors (Lipinski definition) is 13. The summed E-state index contributed by atoms with van der Waals surface area (Å²) in [5, 5.41) is 8.23. The minimum Gasteiger partial charge on any atom is -0.465 e. The molecule has 1 aromatic carbocycles. The highest BCUT2D eigenvalue weighted by atomic mass is 32.1. The molecule has 3 atom stereocenters. The van der Waals surface area contributed by atoms with E-state index in [1.54, 1.807) is 32.9 Å². The molecule has 3 saturated heterocycles. The number of nitrogens with zero attached hydrogens (tertiary/aromatic N) is 6. The number of thiazole rings is 1. The second-order valence-corrected chi connectivity index (χ2v) is 19.7. The minimum absolute atomic E-state index is 0.210. The summed E-state index contributed by atoms with van der Waals surface area (Å²) in [5.41, 5.74) is 9.92. The van der Waals surface area contributed by atoms with Crippen molar-refractivity contribution in [2.24, 2.45) is 5.41 Å². The molecule has 3 aromatic heterocycles. The third-order valence-electron chi connectivity index (χ3n) is 12.1. The maximum atomic E-state index is 13.8. The van der Waals surface area contributed by atoms with Gasteiger partial charge in [0.05, 0.1) is 65.9 Å². The van der Waals surface area contributed by atoms with Crippen LogP contribution in [-0.2, 0) is 47.9 Å². The van der Waals surface area contributed by atoms with Crippen molar-refractivity contribution in [2.45, 2.75) is 111 Å². The lowest BCUT2D eigenvalue weighted by molar-refractivity contribution is -0.144. The van der Waals surface area contributed by atoms with E-state index < -0.39 is 23.2 Å². The van der Waals surface area contributed by atoms with E-state index in [0.717, 1.165) is 103 Å². The molecule has 0 radical (unpaired) electrons. The molecule has 15 nitrogen and oxygen atoms in total. The smallest absolute Gasteiger partial charge is 0.408 e. The summed E-state index contributed by atoms with van der Waals surface area (Å²) in [7, 11) is 1.72. The van der Waals surface area contributed by atoms with Crippen LogP contribution in [0.1, 0.15) is 90.6 Å². The zero-order chi connectivity index (χ0) is 45.1. The second kappa shape index (κ2) is 19.6. The molecule has 3 fully saturated rings. The molecule has 2 N–H and O–H groups in total. The number of aromatic nitrogens is 3. The number of hydrogen-bond donors (Lipinski definition) is 2. The summed E-state index contributed by atoms with van der Waals surface area (Å²) in [5.74, 6) is -0.533. The predicted molar refractivity (Wildman–Crippen MR) is 246 cm³/mol. The highest BCUT2D eigenvalue weighted by Gasteiger charge is 2.34. The van der Waals surface area contributed by atoms with Crippen molar-refractivity contribution in [2.75, 3.05) is 71.1 Å². The van der Waals surface area contributed by atoms with E-state index in [0.29, 0.717) is 37.1 Å². The van der Waals surface area contributed by atoms with E-state index in [1.807, 2.05) is 18.5 Å². The normalized spacial score (nSPS) is 18.5. The number of fused-ring (bicyclic) bond motifs is 2. The number of nitrogens with one attached hydrogen (secondary N) is 2. The number of aryl methyl sites for hydroxylation is 1. The number of pyridine rings is 1. The Kier molecular flexibility index (Phi) is 14.5. The number of methoxy groups -OCH3 is 1. The Hall–Kier alpha value is -4.61. The van der Waals surface area contributed by atoms with Crippen molar-refractivity contribution in [3.8, 4) is 22.5 Å². The molecular formula is C47H66N8O7S. The van der Waals surface area contributed by atoms with Crippen LogP contribution in [0.4, 0.5) is 10.5 Å². The van der Waals surface area contributed by atoms with Gasteiger partial charge in [-0.2, -0.15) is 0 Å². The van der Waals surface area contributed by atoms with Crippen LogP contribution in [0.2, 0.25) is 0 Å². The molecule has 6 heterocycles. The van der Waals surface area contributed by atoms with Crippen molar-refractivity contribution in [1.82, 2.24) is 35.2 Å². The second-order valence-electron chi connectivity index (χ2n) is 18.8. The largest absolute Gasteiger partial charge is 0.465 e. The molecule has 0 spiro atoms. The molecule has 4 aromatic rings. The van der Waals surface area contributed by atoms with Crippen LogP contribution in [0, 0.1) is 5.41 Å². The summed E-state index contributed by atoms with van der Waals surface area (Å²) in [6, 6.07) is 8.22. The van der Waals surface area contributed by atoms with Gasteiger partial charge in [-0.05, 0) is 77.6 Å². The number of alkyl carbamates (subject to hydrolysis) is 1. The van der Waals surface area contributed by atoms with E-state index in [4.69, 9.17) is 28.9 Å². The van der Waals surface area contributed by atoms with Gasteiger partial charge < -0.3 is 33.7 Å². The molecule has 16 heteroatoms. The van der Waals surface area contributed by atoms with Gasteiger partial charge in [0.15, 0.2) is 0 Å². The van der Waals surface area contributed by atoms with Crippen molar-refractivity contribution in [3.63, 3.8) is 0 Å². The first-order chi connectivity index (χ1) is 30.0. The monoisotopic (exact) mass is 886 g/mol. The van der Waals surface area contributed by atoms with E-state index in [9.17, 15) is 14.4 Å². The fourth-order valence-corrected chi connectivity index (χ4v) is 9.75. The number of rotatable bonds is 14. The molecule has 7 rings (SSSR count). The number of carbonyl (C=O) groups excluding carboxylic acids is 3. The summed E-state index contributed by atoms with van der Waals surface area (Å²) in [6.07, 6.45) is 3.74. The van der Waals surface area contributed by atoms with Crippen LogP contribution in [0.3, 0.4) is 0 Å². The van der Waals surface area contributed by atoms with Crippen LogP contribution in [0.5, 0.6) is 0 Å². The van der Waals surface area contributed by atoms with Crippen molar-refractivity contribution in [1.29, 1.82) is 0 Å². The van der Waals surface area contributed by atoms with Crippen LogP contribution < -0.4 is 15.6 Å². The Balaban J connectivity index is 1.29. The maximum Gasteiger partial charge on any atom is 0.408 e. The molecule has 0 saturated carbocycles. The molecule has 63 heavy (non-hydrogen) atoms. The van der Waals surface area contributed by atoms with E-state index in [-0.39, 0.29) is 31.0 Å². The summed E-state index contributed by atoms with van der Waals surface area (Å²) in [6.45, 7) is 22.7. The number of piperazine rings is 1. The van der Waals surface area contributed by atoms with Gasteiger partial charge in [-0.1, -0.05) is 19.9 Å². The predicted octanol–water partition coefficient (Wildman–Crippen LogP) is 6.77. The lowest BCUT2D eigenvalue weighted by atomic mass is 9.84. The van der Waals surface area contributed by atoms with Crippen LogP contribution in [0.25, 0.3) is 33.4 Å². The van der Waals surface area contributed by atoms with Crippen LogP contribution >= 0.6 is 11.3 Å². The Labute approximate surface area is 375 Å². The number of amides is 2. The standard InChI is InChI=1S/C47H66N8O7S/c1-10-54-40-14-13-32(39-28-63-41(50-39)23-38(51-45(58)62-46(4,5)6)44(57)55-16-12-11-15-49-55)21-35(40)37(24-47(7,8)29-61-31(3)56)43(54)36-22-33(25-48-42(36)30(2)59-9)53-18-17-52-19-20-60-27-34(52)26-53/h13-14,21-22,25,28,30,34,38,49H,10-12,15-20,23-24,26-27,29H2,1-9H3,(H,51,58). The number of morpholine rings is 1. The van der Waals surface area contributed by atoms with Gasteiger partial charge in [-0.15, -0.1) is 11.3 Å². The maximum absolute atomic E-state index is 13.8. The third-order valence-corrected chi connectivity index (χ3v) is 13.0. The summed E-state index contributed by atoms with van der Waals surface area (Å²) >= 11 is 1.46. The van der Waals surface area contributed by atoms with Gasteiger partial charge >= 0.3 is 12.1 Å². The lowest BCUT2D eigenvalue weighted by Crippen LogP contribution is -2.58. The zero-order valence-electron chi connectivity index (χ0n) is 38.5.